The van der Waals surface area contributed by atoms with Gasteiger partial charge in [0.1, 0.15) is 0 Å². The molecule has 0 spiro atoms. The van der Waals surface area contributed by atoms with Gasteiger partial charge in [0, 0.05) is 45.5 Å². The number of hydrogen-bond acceptors (Lipinski definition) is 4. The van der Waals surface area contributed by atoms with Crippen LogP contribution in [0.3, 0.4) is 0 Å². The van der Waals surface area contributed by atoms with Crippen molar-refractivity contribution in [2.24, 2.45) is 4.99 Å². The van der Waals surface area contributed by atoms with Gasteiger partial charge in [0.05, 0.1) is 10.6 Å². The van der Waals surface area contributed by atoms with Gasteiger partial charge in [-0.25, -0.2) is 9.37 Å². The first-order valence-electron chi connectivity index (χ1n) is 9.44. The first kappa shape index (κ1) is 24.1. The van der Waals surface area contributed by atoms with E-state index >= 15 is 0 Å². The summed E-state index contributed by atoms with van der Waals surface area (Å²) in [5.74, 6) is 0.474. The van der Waals surface area contributed by atoms with E-state index in [1.165, 1.54) is 6.07 Å². The molecule has 1 aliphatic rings. The summed E-state index contributed by atoms with van der Waals surface area (Å²) >= 11 is 6.03. The van der Waals surface area contributed by atoms with Gasteiger partial charge in [-0.3, -0.25) is 9.79 Å². The Labute approximate surface area is 197 Å². The van der Waals surface area contributed by atoms with Crippen LogP contribution in [-0.2, 0) is 0 Å². The molecule has 7 nitrogen and oxygen atoms in total. The number of nitrogens with one attached hydrogen (secondary N) is 3. The van der Waals surface area contributed by atoms with Crippen molar-refractivity contribution in [2.45, 2.75) is 12.5 Å². The monoisotopic (exact) mass is 546 g/mol. The van der Waals surface area contributed by atoms with Crippen LogP contribution in [0.25, 0.3) is 0 Å². The molecule has 3 rings (SSSR count). The number of pyridine rings is 1. The molecule has 1 unspecified atom stereocenters. The van der Waals surface area contributed by atoms with Crippen LogP contribution in [0.5, 0.6) is 0 Å². The van der Waals surface area contributed by atoms with Crippen molar-refractivity contribution >= 4 is 53.3 Å². The van der Waals surface area contributed by atoms with Crippen molar-refractivity contribution in [2.75, 3.05) is 38.1 Å². The molecule has 1 fully saturated rings. The summed E-state index contributed by atoms with van der Waals surface area (Å²) in [6.45, 7) is 2.27. The summed E-state index contributed by atoms with van der Waals surface area (Å²) in [5.41, 5.74) is 0.449. The average Bonchev–Trinajstić information content (AvgIpc) is 3.19. The lowest BCUT2D eigenvalue weighted by Gasteiger charge is -2.20. The van der Waals surface area contributed by atoms with E-state index in [-0.39, 0.29) is 41.7 Å². The zero-order valence-electron chi connectivity index (χ0n) is 16.6. The SMILES string of the molecule is CN=C(NCCNC(=O)c1ccccc1Cl)NC1CCN(c2ncccc2F)C1.I. The standard InChI is InChI=1S/C20H24ClFN6O.HI/c1-23-20(26-11-10-25-19(29)15-5-2-3-6-16(15)21)27-14-8-12-28(13-14)18-17(22)7-4-9-24-18;/h2-7,9,14H,8,10-13H2,1H3,(H,25,29)(H2,23,26,27);1H. The maximum Gasteiger partial charge on any atom is 0.252 e. The molecule has 2 aromatic rings. The first-order chi connectivity index (χ1) is 14.1. The third-order valence-corrected chi connectivity index (χ3v) is 4.94. The van der Waals surface area contributed by atoms with Crippen LogP contribution in [0.4, 0.5) is 10.2 Å². The number of anilines is 1. The van der Waals surface area contributed by atoms with Gasteiger partial charge < -0.3 is 20.9 Å². The number of carbonyl (C=O) groups excluding carboxylic acids is 1. The molecule has 1 aromatic heterocycles. The van der Waals surface area contributed by atoms with E-state index in [4.69, 9.17) is 11.6 Å². The minimum Gasteiger partial charge on any atom is -0.355 e. The molecule has 1 aromatic carbocycles. The topological polar surface area (TPSA) is 81.6 Å². The summed E-state index contributed by atoms with van der Waals surface area (Å²) in [5, 5.41) is 9.74. The van der Waals surface area contributed by atoms with Crippen molar-refractivity contribution in [1.82, 2.24) is 20.9 Å². The molecule has 0 aliphatic carbocycles. The Morgan fingerprint density at radius 2 is 2.03 bits per heavy atom. The number of rotatable bonds is 6. The Morgan fingerprint density at radius 3 is 2.77 bits per heavy atom. The quantitative estimate of drug-likeness (QED) is 0.225. The normalized spacial score (nSPS) is 16.0. The van der Waals surface area contributed by atoms with Gasteiger partial charge in [0.25, 0.3) is 5.91 Å². The Kier molecular flexibility index (Phi) is 9.57. The van der Waals surface area contributed by atoms with Crippen LogP contribution in [-0.4, -0.2) is 56.1 Å². The number of aliphatic imine (C=N–C) groups is 1. The first-order valence-corrected chi connectivity index (χ1v) is 9.81. The highest BCUT2D eigenvalue weighted by molar-refractivity contribution is 14.0. The number of nitrogens with zero attached hydrogens (tertiary/aromatic N) is 3. The number of hydrogen-bond donors (Lipinski definition) is 3. The van der Waals surface area contributed by atoms with Crippen LogP contribution in [0.2, 0.25) is 5.02 Å². The molecule has 0 radical (unpaired) electrons. The van der Waals surface area contributed by atoms with Gasteiger partial charge in [-0.15, -0.1) is 24.0 Å². The highest BCUT2D eigenvalue weighted by atomic mass is 127. The van der Waals surface area contributed by atoms with Gasteiger partial charge in [-0.1, -0.05) is 23.7 Å². The summed E-state index contributed by atoms with van der Waals surface area (Å²) in [4.78, 5) is 22.4. The molecule has 1 atom stereocenters. The van der Waals surface area contributed by atoms with Gasteiger partial charge in [0.2, 0.25) is 0 Å². The van der Waals surface area contributed by atoms with Crippen molar-refractivity contribution in [3.8, 4) is 0 Å². The molecule has 2 heterocycles. The maximum absolute atomic E-state index is 13.9. The average molecular weight is 547 g/mol. The largest absolute Gasteiger partial charge is 0.355 e. The number of amides is 1. The lowest BCUT2D eigenvalue weighted by Crippen LogP contribution is -2.46. The van der Waals surface area contributed by atoms with Crippen molar-refractivity contribution < 1.29 is 9.18 Å². The second kappa shape index (κ2) is 11.9. The van der Waals surface area contributed by atoms with Gasteiger partial charge in [-0.05, 0) is 30.7 Å². The highest BCUT2D eigenvalue weighted by Gasteiger charge is 2.25. The smallest absolute Gasteiger partial charge is 0.252 e. The molecule has 162 valence electrons. The summed E-state index contributed by atoms with van der Waals surface area (Å²) < 4.78 is 13.9. The number of halogens is 3. The Morgan fingerprint density at radius 1 is 1.27 bits per heavy atom. The van der Waals surface area contributed by atoms with Crippen LogP contribution in [0.15, 0.2) is 47.6 Å². The molecule has 0 bridgehead atoms. The number of benzene rings is 1. The molecule has 0 saturated carbocycles. The molecular weight excluding hydrogens is 522 g/mol. The fourth-order valence-electron chi connectivity index (χ4n) is 3.17. The van der Waals surface area contributed by atoms with E-state index in [0.29, 0.717) is 42.0 Å². The highest BCUT2D eigenvalue weighted by Crippen LogP contribution is 2.20. The minimum atomic E-state index is -0.315. The fourth-order valence-corrected chi connectivity index (χ4v) is 3.39. The zero-order valence-corrected chi connectivity index (χ0v) is 19.7. The second-order valence-electron chi connectivity index (χ2n) is 6.62. The van der Waals surface area contributed by atoms with Crippen LogP contribution in [0, 0.1) is 5.82 Å². The van der Waals surface area contributed by atoms with Gasteiger partial charge >= 0.3 is 0 Å². The Bertz CT molecular complexity index is 884. The predicted molar refractivity (Wildman–Crippen MR) is 129 cm³/mol. The second-order valence-corrected chi connectivity index (χ2v) is 7.03. The fraction of sp³-hybridized carbons (Fsp3) is 0.350. The molecule has 1 amide bonds. The van der Waals surface area contributed by atoms with Crippen LogP contribution < -0.4 is 20.9 Å². The number of aromatic nitrogens is 1. The van der Waals surface area contributed by atoms with Gasteiger partial charge in [0.15, 0.2) is 17.6 Å². The van der Waals surface area contributed by atoms with E-state index in [1.807, 2.05) is 4.90 Å². The molecule has 1 aliphatic heterocycles. The van der Waals surface area contributed by atoms with E-state index in [1.54, 1.807) is 43.6 Å². The molecule has 1 saturated heterocycles. The Balaban J connectivity index is 0.00000320. The molecular formula is C20H25ClFIN6O. The number of guanidine groups is 1. The lowest BCUT2D eigenvalue weighted by atomic mass is 10.2. The minimum absolute atomic E-state index is 0. The predicted octanol–water partition coefficient (Wildman–Crippen LogP) is 2.67. The van der Waals surface area contributed by atoms with E-state index in [2.05, 4.69) is 25.9 Å². The van der Waals surface area contributed by atoms with E-state index in [9.17, 15) is 9.18 Å². The van der Waals surface area contributed by atoms with E-state index < -0.39 is 0 Å². The Hall–Kier alpha value is -2.14. The van der Waals surface area contributed by atoms with E-state index in [0.717, 1.165) is 13.0 Å². The third-order valence-electron chi connectivity index (χ3n) is 4.61. The summed E-state index contributed by atoms with van der Waals surface area (Å²) in [6, 6.07) is 10.0. The third kappa shape index (κ3) is 6.43. The van der Waals surface area contributed by atoms with Gasteiger partial charge in [-0.2, -0.15) is 0 Å². The maximum atomic E-state index is 13.9. The molecule has 3 N–H and O–H groups in total. The van der Waals surface area contributed by atoms with Crippen LogP contribution >= 0.6 is 35.6 Å². The van der Waals surface area contributed by atoms with Crippen LogP contribution in [0.1, 0.15) is 16.8 Å². The van der Waals surface area contributed by atoms with Crippen molar-refractivity contribution in [3.05, 3.63) is 59.0 Å². The molecule has 10 heteroatoms. The summed E-state index contributed by atoms with van der Waals surface area (Å²) in [6.07, 6.45) is 2.44. The van der Waals surface area contributed by atoms with Crippen molar-refractivity contribution in [3.63, 3.8) is 0 Å². The summed E-state index contributed by atoms with van der Waals surface area (Å²) in [7, 11) is 1.68. The zero-order chi connectivity index (χ0) is 20.6. The lowest BCUT2D eigenvalue weighted by molar-refractivity contribution is 0.0954. The van der Waals surface area contributed by atoms with Crippen molar-refractivity contribution in [1.29, 1.82) is 0 Å². The number of carbonyl (C=O) groups is 1. The molecule has 30 heavy (non-hydrogen) atoms.